The first-order valence-corrected chi connectivity index (χ1v) is 9.66. The van der Waals surface area contributed by atoms with Gasteiger partial charge in [-0.1, -0.05) is 17.7 Å². The quantitative estimate of drug-likeness (QED) is 0.770. The van der Waals surface area contributed by atoms with Gasteiger partial charge in [-0.2, -0.15) is 0 Å². The van der Waals surface area contributed by atoms with Crippen molar-refractivity contribution in [3.05, 3.63) is 58.9 Å². The van der Waals surface area contributed by atoms with E-state index in [0.717, 1.165) is 18.4 Å². The third kappa shape index (κ3) is 4.62. The molecule has 0 aliphatic carbocycles. The maximum atomic E-state index is 13.1. The second-order valence-electron chi connectivity index (χ2n) is 6.90. The molecule has 0 N–H and O–H groups in total. The number of benzene rings is 1. The lowest BCUT2D eigenvalue weighted by Gasteiger charge is -2.39. The minimum absolute atomic E-state index is 0.00720. The summed E-state index contributed by atoms with van der Waals surface area (Å²) in [4.78, 5) is 33.1. The van der Waals surface area contributed by atoms with E-state index >= 15 is 0 Å². The number of ether oxygens (including phenoxy) is 1. The predicted molar refractivity (Wildman–Crippen MR) is 107 cm³/mol. The van der Waals surface area contributed by atoms with E-state index in [9.17, 15) is 9.59 Å². The van der Waals surface area contributed by atoms with E-state index in [4.69, 9.17) is 16.3 Å². The Morgan fingerprint density at radius 3 is 2.86 bits per heavy atom. The van der Waals surface area contributed by atoms with E-state index in [2.05, 4.69) is 4.98 Å². The van der Waals surface area contributed by atoms with E-state index < -0.39 is 0 Å². The van der Waals surface area contributed by atoms with Crippen LogP contribution in [0.25, 0.3) is 0 Å². The Hall–Kier alpha value is -2.60. The molecule has 0 radical (unpaired) electrons. The van der Waals surface area contributed by atoms with E-state index in [-0.39, 0.29) is 17.9 Å². The van der Waals surface area contributed by atoms with Crippen molar-refractivity contribution in [2.75, 3.05) is 20.2 Å². The molecule has 1 aliphatic rings. The van der Waals surface area contributed by atoms with Gasteiger partial charge < -0.3 is 14.5 Å². The van der Waals surface area contributed by atoms with Gasteiger partial charge in [0.1, 0.15) is 5.75 Å². The summed E-state index contributed by atoms with van der Waals surface area (Å²) in [5.41, 5.74) is 1.45. The van der Waals surface area contributed by atoms with Crippen LogP contribution in [-0.4, -0.2) is 52.8 Å². The fourth-order valence-corrected chi connectivity index (χ4v) is 3.75. The summed E-state index contributed by atoms with van der Waals surface area (Å²) in [6.07, 6.45) is 5.17. The molecule has 0 spiro atoms. The van der Waals surface area contributed by atoms with E-state index in [1.54, 1.807) is 42.4 Å². The van der Waals surface area contributed by atoms with Crippen LogP contribution in [0.5, 0.6) is 5.75 Å². The van der Waals surface area contributed by atoms with Crippen LogP contribution in [0.2, 0.25) is 5.02 Å². The number of hydrogen-bond donors (Lipinski definition) is 0. The largest absolute Gasteiger partial charge is 0.496 e. The minimum atomic E-state index is -0.108. The summed E-state index contributed by atoms with van der Waals surface area (Å²) in [6, 6.07) is 8.79. The van der Waals surface area contributed by atoms with Crippen molar-refractivity contribution in [2.45, 2.75) is 32.4 Å². The summed E-state index contributed by atoms with van der Waals surface area (Å²) < 4.78 is 5.33. The molecular weight excluding hydrogens is 378 g/mol. The SMILES string of the molecule is COc1cc(Cl)ccc1C(=O)N1CCCC(N(Cc2cccnc2)C(C)=O)C1. The fourth-order valence-electron chi connectivity index (χ4n) is 3.59. The molecule has 148 valence electrons. The summed E-state index contributed by atoms with van der Waals surface area (Å²) in [7, 11) is 1.52. The number of hydrogen-bond acceptors (Lipinski definition) is 4. The van der Waals surface area contributed by atoms with Crippen LogP contribution in [0, 0.1) is 0 Å². The number of carbonyl (C=O) groups is 2. The molecule has 3 rings (SSSR count). The van der Waals surface area contributed by atoms with Gasteiger partial charge in [0.2, 0.25) is 5.91 Å². The van der Waals surface area contributed by atoms with Gasteiger partial charge in [-0.25, -0.2) is 0 Å². The van der Waals surface area contributed by atoms with Gasteiger partial charge in [-0.15, -0.1) is 0 Å². The molecule has 0 bridgehead atoms. The number of rotatable bonds is 5. The monoisotopic (exact) mass is 401 g/mol. The number of carbonyl (C=O) groups excluding carboxylic acids is 2. The van der Waals surface area contributed by atoms with Crippen LogP contribution >= 0.6 is 11.6 Å². The molecule has 2 heterocycles. The molecule has 1 aliphatic heterocycles. The highest BCUT2D eigenvalue weighted by Crippen LogP contribution is 2.26. The Balaban J connectivity index is 1.77. The Kier molecular flexibility index (Phi) is 6.52. The van der Waals surface area contributed by atoms with E-state index in [1.807, 2.05) is 17.0 Å². The van der Waals surface area contributed by atoms with Crippen LogP contribution in [0.15, 0.2) is 42.7 Å². The van der Waals surface area contributed by atoms with Gasteiger partial charge in [0.25, 0.3) is 5.91 Å². The van der Waals surface area contributed by atoms with Crippen LogP contribution in [-0.2, 0) is 11.3 Å². The van der Waals surface area contributed by atoms with Crippen LogP contribution in [0.1, 0.15) is 35.7 Å². The van der Waals surface area contributed by atoms with Crippen molar-refractivity contribution in [3.63, 3.8) is 0 Å². The molecule has 28 heavy (non-hydrogen) atoms. The molecule has 1 atom stereocenters. The van der Waals surface area contributed by atoms with Crippen molar-refractivity contribution in [1.29, 1.82) is 0 Å². The molecule has 6 nitrogen and oxygen atoms in total. The second kappa shape index (κ2) is 9.06. The van der Waals surface area contributed by atoms with Crippen molar-refractivity contribution in [2.24, 2.45) is 0 Å². The summed E-state index contributed by atoms with van der Waals surface area (Å²) in [6.45, 7) is 3.20. The number of amides is 2. The zero-order valence-corrected chi connectivity index (χ0v) is 16.9. The first-order chi connectivity index (χ1) is 13.5. The van der Waals surface area contributed by atoms with Gasteiger partial charge in [-0.05, 0) is 42.7 Å². The second-order valence-corrected chi connectivity index (χ2v) is 7.34. The number of halogens is 1. The average Bonchev–Trinajstić information content (AvgIpc) is 2.72. The van der Waals surface area contributed by atoms with Crippen molar-refractivity contribution < 1.29 is 14.3 Å². The standard InChI is InChI=1S/C21H24ClN3O3/c1-15(26)25(13-16-5-3-9-23-12-16)18-6-4-10-24(14-18)21(27)19-8-7-17(22)11-20(19)28-2/h3,5,7-9,11-12,18H,4,6,10,13-14H2,1-2H3. The fraction of sp³-hybridized carbons (Fsp3) is 0.381. The Morgan fingerprint density at radius 2 is 2.18 bits per heavy atom. The first-order valence-electron chi connectivity index (χ1n) is 9.28. The van der Waals surface area contributed by atoms with Crippen molar-refractivity contribution in [1.82, 2.24) is 14.8 Å². The number of likely N-dealkylation sites (tertiary alicyclic amines) is 1. The Bertz CT molecular complexity index is 844. The van der Waals surface area contributed by atoms with Gasteiger partial charge >= 0.3 is 0 Å². The highest BCUT2D eigenvalue weighted by atomic mass is 35.5. The Morgan fingerprint density at radius 1 is 1.36 bits per heavy atom. The lowest BCUT2D eigenvalue weighted by Crippen LogP contribution is -2.51. The van der Waals surface area contributed by atoms with E-state index in [0.29, 0.717) is 36.0 Å². The molecular formula is C21H24ClN3O3. The topological polar surface area (TPSA) is 62.7 Å². The minimum Gasteiger partial charge on any atom is -0.496 e. The molecule has 2 aromatic rings. The third-order valence-corrected chi connectivity index (χ3v) is 5.23. The van der Waals surface area contributed by atoms with Crippen LogP contribution in [0.4, 0.5) is 0 Å². The van der Waals surface area contributed by atoms with Crippen LogP contribution < -0.4 is 4.74 Å². The van der Waals surface area contributed by atoms with Gasteiger partial charge in [0.05, 0.1) is 12.7 Å². The number of pyridine rings is 1. The normalized spacial score (nSPS) is 16.5. The lowest BCUT2D eigenvalue weighted by atomic mass is 10.0. The third-order valence-electron chi connectivity index (χ3n) is 5.00. The number of nitrogens with zero attached hydrogens (tertiary/aromatic N) is 3. The molecule has 1 aromatic carbocycles. The average molecular weight is 402 g/mol. The highest BCUT2D eigenvalue weighted by Gasteiger charge is 2.30. The lowest BCUT2D eigenvalue weighted by molar-refractivity contribution is -0.132. The maximum Gasteiger partial charge on any atom is 0.257 e. The van der Waals surface area contributed by atoms with Crippen molar-refractivity contribution >= 4 is 23.4 Å². The first kappa shape index (κ1) is 20.1. The van der Waals surface area contributed by atoms with Crippen molar-refractivity contribution in [3.8, 4) is 5.75 Å². The number of methoxy groups -OCH3 is 1. The van der Waals surface area contributed by atoms with Gasteiger partial charge in [0, 0.05) is 50.0 Å². The molecule has 1 fully saturated rings. The van der Waals surface area contributed by atoms with Gasteiger partial charge in [0.15, 0.2) is 0 Å². The molecule has 7 heteroatoms. The zero-order chi connectivity index (χ0) is 20.1. The molecule has 1 aromatic heterocycles. The number of aromatic nitrogens is 1. The molecule has 2 amide bonds. The zero-order valence-electron chi connectivity index (χ0n) is 16.1. The van der Waals surface area contributed by atoms with Gasteiger partial charge in [-0.3, -0.25) is 14.6 Å². The summed E-state index contributed by atoms with van der Waals surface area (Å²) >= 11 is 6.01. The molecule has 1 unspecified atom stereocenters. The molecule has 0 saturated carbocycles. The maximum absolute atomic E-state index is 13.1. The summed E-state index contributed by atoms with van der Waals surface area (Å²) in [5.74, 6) is 0.341. The smallest absolute Gasteiger partial charge is 0.257 e. The van der Waals surface area contributed by atoms with Crippen LogP contribution in [0.3, 0.4) is 0 Å². The molecule has 1 saturated heterocycles. The summed E-state index contributed by atoms with van der Waals surface area (Å²) in [5, 5.41) is 0.518. The Labute approximate surface area is 170 Å². The number of piperidine rings is 1. The predicted octanol–water partition coefficient (Wildman–Crippen LogP) is 3.40. The highest BCUT2D eigenvalue weighted by molar-refractivity contribution is 6.30. The van der Waals surface area contributed by atoms with E-state index in [1.165, 1.54) is 7.11 Å².